The zero-order chi connectivity index (χ0) is 16.2. The molecule has 1 saturated heterocycles. The van der Waals surface area contributed by atoms with Crippen LogP contribution in [0.4, 0.5) is 5.69 Å². The maximum Gasteiger partial charge on any atom is 0.224 e. The molecule has 0 spiro atoms. The third kappa shape index (κ3) is 3.67. The molecular formula is C18H28N4O. The molecule has 5 nitrogen and oxygen atoms in total. The summed E-state index contributed by atoms with van der Waals surface area (Å²) in [6.07, 6.45) is 3.37. The number of hydrogen-bond acceptors (Lipinski definition) is 4. The normalized spacial score (nSPS) is 22.0. The van der Waals surface area contributed by atoms with Crippen molar-refractivity contribution < 1.29 is 4.79 Å². The number of likely N-dealkylation sites (N-methyl/N-ethyl adjacent to an activating group) is 1. The van der Waals surface area contributed by atoms with Crippen LogP contribution in [0.25, 0.3) is 0 Å². The summed E-state index contributed by atoms with van der Waals surface area (Å²) in [5.41, 5.74) is 2.71. The molecule has 2 heterocycles. The minimum Gasteiger partial charge on any atom is -0.354 e. The number of para-hydroxylation sites is 1. The number of hydrogen-bond donors (Lipinski definition) is 2. The predicted molar refractivity (Wildman–Crippen MR) is 93.6 cm³/mol. The number of anilines is 1. The number of fused-ring (bicyclic) bond motifs is 1. The van der Waals surface area contributed by atoms with Gasteiger partial charge in [-0.25, -0.2) is 0 Å². The fourth-order valence-electron chi connectivity index (χ4n) is 3.66. The van der Waals surface area contributed by atoms with Crippen LogP contribution in [-0.4, -0.2) is 57.2 Å². The van der Waals surface area contributed by atoms with E-state index >= 15 is 0 Å². The Hall–Kier alpha value is -1.59. The van der Waals surface area contributed by atoms with Gasteiger partial charge in [0.2, 0.25) is 5.91 Å². The van der Waals surface area contributed by atoms with Gasteiger partial charge in [-0.05, 0) is 51.5 Å². The highest BCUT2D eigenvalue weighted by atomic mass is 16.1. The van der Waals surface area contributed by atoms with Crippen LogP contribution < -0.4 is 15.5 Å². The number of carbonyl (C=O) groups is 1. The van der Waals surface area contributed by atoms with Crippen molar-refractivity contribution >= 4 is 11.6 Å². The average Bonchev–Trinajstić information content (AvgIpc) is 2.99. The van der Waals surface area contributed by atoms with E-state index in [1.807, 2.05) is 0 Å². The topological polar surface area (TPSA) is 47.6 Å². The van der Waals surface area contributed by atoms with E-state index < -0.39 is 0 Å². The Morgan fingerprint density at radius 3 is 3.00 bits per heavy atom. The van der Waals surface area contributed by atoms with E-state index in [2.05, 4.69) is 58.8 Å². The number of nitrogens with zero attached hydrogens (tertiary/aromatic N) is 2. The maximum absolute atomic E-state index is 12.4. The number of piperidine rings is 1. The molecule has 2 aliphatic rings. The van der Waals surface area contributed by atoms with Crippen molar-refractivity contribution in [2.24, 2.45) is 5.92 Å². The highest BCUT2D eigenvalue weighted by molar-refractivity contribution is 5.79. The Balaban J connectivity index is 1.63. The monoisotopic (exact) mass is 316 g/mol. The van der Waals surface area contributed by atoms with Crippen molar-refractivity contribution in [3.63, 3.8) is 0 Å². The second-order valence-corrected chi connectivity index (χ2v) is 6.80. The molecule has 2 atom stereocenters. The summed E-state index contributed by atoms with van der Waals surface area (Å²) in [6, 6.07) is 8.58. The van der Waals surface area contributed by atoms with Gasteiger partial charge < -0.3 is 15.5 Å². The molecule has 23 heavy (non-hydrogen) atoms. The lowest BCUT2D eigenvalue weighted by molar-refractivity contribution is -0.125. The molecule has 0 radical (unpaired) electrons. The van der Waals surface area contributed by atoms with Gasteiger partial charge in [-0.15, -0.1) is 0 Å². The van der Waals surface area contributed by atoms with Gasteiger partial charge in [-0.1, -0.05) is 18.2 Å². The van der Waals surface area contributed by atoms with Crippen LogP contribution >= 0.6 is 0 Å². The quantitative estimate of drug-likeness (QED) is 0.853. The van der Waals surface area contributed by atoms with Gasteiger partial charge in [-0.3, -0.25) is 9.69 Å². The fraction of sp³-hybridized carbons (Fsp3) is 0.611. The Morgan fingerprint density at radius 2 is 2.26 bits per heavy atom. The number of rotatable bonds is 5. The smallest absolute Gasteiger partial charge is 0.224 e. The number of nitrogens with one attached hydrogen (secondary N) is 2. The predicted octanol–water partition coefficient (Wildman–Crippen LogP) is 1.05. The minimum absolute atomic E-state index is 0.123. The van der Waals surface area contributed by atoms with Gasteiger partial charge in [0.25, 0.3) is 0 Å². The zero-order valence-electron chi connectivity index (χ0n) is 14.2. The van der Waals surface area contributed by atoms with Crippen molar-refractivity contribution in [3.8, 4) is 0 Å². The second kappa shape index (κ2) is 7.32. The highest BCUT2D eigenvalue weighted by Crippen LogP contribution is 2.29. The van der Waals surface area contributed by atoms with E-state index in [0.29, 0.717) is 6.54 Å². The lowest BCUT2D eigenvalue weighted by Crippen LogP contribution is -2.52. The molecule has 1 fully saturated rings. The third-order valence-electron chi connectivity index (χ3n) is 5.01. The molecule has 5 heteroatoms. The largest absolute Gasteiger partial charge is 0.354 e. The first-order valence-electron chi connectivity index (χ1n) is 8.66. The van der Waals surface area contributed by atoms with Crippen LogP contribution in [0.5, 0.6) is 0 Å². The Bertz CT molecular complexity index is 540. The molecule has 1 amide bonds. The molecule has 0 aliphatic carbocycles. The van der Waals surface area contributed by atoms with Gasteiger partial charge in [0, 0.05) is 18.8 Å². The molecule has 2 aliphatic heterocycles. The number of benzene rings is 1. The average molecular weight is 316 g/mol. The van der Waals surface area contributed by atoms with Crippen molar-refractivity contribution in [3.05, 3.63) is 29.8 Å². The molecule has 2 N–H and O–H groups in total. The molecule has 126 valence electrons. The maximum atomic E-state index is 12.4. The zero-order valence-corrected chi connectivity index (χ0v) is 14.2. The Labute approximate surface area is 139 Å². The summed E-state index contributed by atoms with van der Waals surface area (Å²) in [7, 11) is 4.17. The van der Waals surface area contributed by atoms with Crippen molar-refractivity contribution in [2.75, 3.05) is 45.2 Å². The molecule has 0 aromatic heterocycles. The van der Waals surface area contributed by atoms with Crippen LogP contribution in [-0.2, 0) is 11.2 Å². The summed E-state index contributed by atoms with van der Waals surface area (Å²) >= 11 is 0. The summed E-state index contributed by atoms with van der Waals surface area (Å²) in [5.74, 6) is 0.314. The first kappa shape index (κ1) is 16.3. The first-order chi connectivity index (χ1) is 11.2. The lowest BCUT2D eigenvalue weighted by atomic mass is 9.99. The highest BCUT2D eigenvalue weighted by Gasteiger charge is 2.28. The third-order valence-corrected chi connectivity index (χ3v) is 5.01. The van der Waals surface area contributed by atoms with E-state index in [0.717, 1.165) is 38.9 Å². The van der Waals surface area contributed by atoms with Crippen molar-refractivity contribution in [1.29, 1.82) is 0 Å². The van der Waals surface area contributed by atoms with Crippen molar-refractivity contribution in [1.82, 2.24) is 15.5 Å². The van der Waals surface area contributed by atoms with E-state index in [4.69, 9.17) is 0 Å². The molecule has 2 unspecified atom stereocenters. The van der Waals surface area contributed by atoms with E-state index in [1.54, 1.807) is 0 Å². The number of amides is 1. The SMILES string of the molecule is CN(C)C(CNC(=O)C1CCCNC1)N1CCc2ccccc21. The Morgan fingerprint density at radius 1 is 1.43 bits per heavy atom. The van der Waals surface area contributed by atoms with Crippen LogP contribution in [0, 0.1) is 5.92 Å². The van der Waals surface area contributed by atoms with Gasteiger partial charge in [0.15, 0.2) is 0 Å². The van der Waals surface area contributed by atoms with Crippen LogP contribution in [0.3, 0.4) is 0 Å². The summed E-state index contributed by atoms with van der Waals surface area (Å²) in [4.78, 5) is 17.0. The molecule has 3 rings (SSSR count). The first-order valence-corrected chi connectivity index (χ1v) is 8.66. The van der Waals surface area contributed by atoms with Gasteiger partial charge in [-0.2, -0.15) is 0 Å². The molecule has 0 saturated carbocycles. The summed E-state index contributed by atoms with van der Waals surface area (Å²) < 4.78 is 0. The second-order valence-electron chi connectivity index (χ2n) is 6.80. The van der Waals surface area contributed by atoms with E-state index in [9.17, 15) is 4.79 Å². The van der Waals surface area contributed by atoms with Crippen molar-refractivity contribution in [2.45, 2.75) is 25.4 Å². The molecule has 1 aromatic carbocycles. The summed E-state index contributed by atoms with van der Waals surface area (Å²) in [6.45, 7) is 3.53. The fourth-order valence-corrected chi connectivity index (χ4v) is 3.66. The van der Waals surface area contributed by atoms with Crippen LogP contribution in [0.15, 0.2) is 24.3 Å². The van der Waals surface area contributed by atoms with Gasteiger partial charge >= 0.3 is 0 Å². The minimum atomic E-state index is 0.123. The lowest BCUT2D eigenvalue weighted by Gasteiger charge is -2.35. The van der Waals surface area contributed by atoms with E-state index in [-0.39, 0.29) is 18.0 Å². The van der Waals surface area contributed by atoms with Crippen LogP contribution in [0.2, 0.25) is 0 Å². The molecular weight excluding hydrogens is 288 g/mol. The summed E-state index contributed by atoms with van der Waals surface area (Å²) in [5, 5.41) is 6.49. The molecule has 1 aromatic rings. The van der Waals surface area contributed by atoms with Gasteiger partial charge in [0.05, 0.1) is 18.6 Å². The van der Waals surface area contributed by atoms with Crippen LogP contribution in [0.1, 0.15) is 18.4 Å². The molecule has 0 bridgehead atoms. The van der Waals surface area contributed by atoms with Gasteiger partial charge in [0.1, 0.15) is 0 Å². The number of carbonyl (C=O) groups excluding carboxylic acids is 1. The standard InChI is InChI=1S/C18H28N4O/c1-21(2)17(13-20-18(23)15-7-5-10-19-12-15)22-11-9-14-6-3-4-8-16(14)22/h3-4,6,8,15,17,19H,5,7,9-13H2,1-2H3,(H,20,23). The Kier molecular flexibility index (Phi) is 5.18. The van der Waals surface area contributed by atoms with E-state index in [1.165, 1.54) is 11.3 Å².